The molecule has 0 radical (unpaired) electrons. The van der Waals surface area contributed by atoms with E-state index in [0.29, 0.717) is 6.61 Å². The van der Waals surface area contributed by atoms with Crippen LogP contribution in [0, 0.1) is 0 Å². The number of rotatable bonds is 2. The Labute approximate surface area is 68.8 Å². The molecule has 58 valence electrons. The summed E-state index contributed by atoms with van der Waals surface area (Å²) < 4.78 is 14.2. The second-order valence-electron chi connectivity index (χ2n) is 0.656. The summed E-state index contributed by atoms with van der Waals surface area (Å²) in [7, 11) is -1.66. The maximum atomic E-state index is 9.83. The van der Waals surface area contributed by atoms with E-state index in [1.54, 1.807) is 6.92 Å². The molecule has 0 rings (SSSR count). The van der Waals surface area contributed by atoms with Gasteiger partial charge in [0.25, 0.3) is 0 Å². The van der Waals surface area contributed by atoms with E-state index in [2.05, 4.69) is 16.8 Å². The van der Waals surface area contributed by atoms with Crippen LogP contribution in [0.1, 0.15) is 20.8 Å². The first-order valence-corrected chi connectivity index (χ1v) is 4.89. The van der Waals surface area contributed by atoms with Gasteiger partial charge in [0.1, 0.15) is 18.9 Å². The highest BCUT2D eigenvalue weighted by Gasteiger charge is 2.03. The van der Waals surface area contributed by atoms with Crippen molar-refractivity contribution in [3.8, 4) is 0 Å². The van der Waals surface area contributed by atoms with Crippen molar-refractivity contribution in [3.05, 3.63) is 0 Å². The van der Waals surface area contributed by atoms with Gasteiger partial charge in [-0.2, -0.15) is 0 Å². The zero-order chi connectivity index (χ0) is 6.99. The minimum Gasteiger partial charge on any atom is -0.147 e. The van der Waals surface area contributed by atoms with Crippen LogP contribution >= 0.6 is 31.9 Å². The van der Waals surface area contributed by atoms with E-state index >= 15 is 0 Å². The van der Waals surface area contributed by atoms with Crippen molar-refractivity contribution in [2.75, 3.05) is 6.61 Å². The Morgan fingerprint density at radius 1 is 1.56 bits per heavy atom. The maximum Gasteiger partial charge on any atom is 0.582 e. The van der Waals surface area contributed by atoms with Crippen LogP contribution < -0.4 is 0 Å². The molecule has 0 aromatic heterocycles. The Bertz CT molecular complexity index is 62.5. The Kier molecular flexibility index (Phi) is 28.9. The average Bonchev–Trinajstić information content (AvgIpc) is 1.72. The third-order valence-electron chi connectivity index (χ3n) is 0.240. The van der Waals surface area contributed by atoms with E-state index in [4.69, 9.17) is 0 Å². The van der Waals surface area contributed by atoms with Crippen LogP contribution in [0.5, 0.6) is 0 Å². The van der Waals surface area contributed by atoms with Gasteiger partial charge in [-0.1, -0.05) is 13.8 Å². The summed E-state index contributed by atoms with van der Waals surface area (Å²) in [4.78, 5) is 0. The van der Waals surface area contributed by atoms with Crippen molar-refractivity contribution < 1.29 is 9.09 Å². The number of hydrogen-bond acceptors (Lipinski definition) is 2. The number of thiol groups is 1. The summed E-state index contributed by atoms with van der Waals surface area (Å²) in [5, 5.41) is 0. The minimum atomic E-state index is -1.66. The Hall–Kier alpha value is 0.700. The van der Waals surface area contributed by atoms with E-state index in [9.17, 15) is 4.57 Å². The molecule has 0 heterocycles. The molecule has 0 aromatic carbocycles. The number of hydrogen-bond donors (Lipinski definition) is 1. The molecule has 0 N–H and O–H groups in total. The van der Waals surface area contributed by atoms with Gasteiger partial charge in [0.05, 0.1) is 0 Å². The summed E-state index contributed by atoms with van der Waals surface area (Å²) in [6.07, 6.45) is 0. The van der Waals surface area contributed by atoms with Gasteiger partial charge >= 0.3 is 7.23 Å². The topological polar surface area (TPSA) is 26.3 Å². The first kappa shape index (κ1) is 16.4. The standard InChI is InChI=1S/C2H5O2PS.C2H6.ClH/c1-2-4-5(3)6;1-2;/h2H2,1H3;1-2H3;1H/p+1. The van der Waals surface area contributed by atoms with Crippen LogP contribution in [0.2, 0.25) is 0 Å². The van der Waals surface area contributed by atoms with Gasteiger partial charge in [0.2, 0.25) is 0 Å². The molecule has 0 aliphatic heterocycles. The zero-order valence-corrected chi connectivity index (χ0v) is 8.43. The summed E-state index contributed by atoms with van der Waals surface area (Å²) in [6.45, 7) is 6.24. The van der Waals surface area contributed by atoms with Gasteiger partial charge in [-0.3, -0.25) is 0 Å². The Balaban J connectivity index is -0.000000109. The molecule has 5 heteroatoms. The van der Waals surface area contributed by atoms with Crippen molar-refractivity contribution in [1.82, 2.24) is 0 Å². The van der Waals surface area contributed by atoms with Gasteiger partial charge in [0.15, 0.2) is 0 Å². The lowest BCUT2D eigenvalue weighted by molar-refractivity contribution is 0.362. The summed E-state index contributed by atoms with van der Waals surface area (Å²) in [5.41, 5.74) is 0. The fourth-order valence-corrected chi connectivity index (χ4v) is 0.678. The molecule has 0 aromatic rings. The molecule has 0 aliphatic carbocycles. The van der Waals surface area contributed by atoms with Gasteiger partial charge in [-0.25, -0.2) is 0 Å². The quantitative estimate of drug-likeness (QED) is 0.536. The van der Waals surface area contributed by atoms with Crippen LogP contribution in [-0.4, -0.2) is 6.61 Å². The van der Waals surface area contributed by atoms with Crippen LogP contribution in [0.4, 0.5) is 0 Å². The average molecular weight is 192 g/mol. The third-order valence-corrected chi connectivity index (χ3v) is 1.07. The monoisotopic (exact) mass is 191 g/mol. The van der Waals surface area contributed by atoms with Gasteiger partial charge in [-0.15, -0.1) is 16.9 Å². The highest BCUT2D eigenvalue weighted by molar-refractivity contribution is 8.39. The smallest absolute Gasteiger partial charge is 0.147 e. The molecule has 9 heavy (non-hydrogen) atoms. The maximum absolute atomic E-state index is 9.83. The normalized spacial score (nSPS) is 8.22. The zero-order valence-electron chi connectivity index (χ0n) is 5.83. The molecule has 1 unspecified atom stereocenters. The molecular formula is C4H13ClO2PS+. The molecule has 0 saturated carbocycles. The molecule has 0 aliphatic rings. The van der Waals surface area contributed by atoms with Crippen LogP contribution in [0.15, 0.2) is 0 Å². The number of halogens is 1. The molecule has 1 atom stereocenters. The molecular weight excluding hydrogens is 179 g/mol. The molecule has 2 nitrogen and oxygen atoms in total. The Morgan fingerprint density at radius 3 is 1.89 bits per heavy atom. The summed E-state index contributed by atoms with van der Waals surface area (Å²) in [5.74, 6) is 0. The van der Waals surface area contributed by atoms with Crippen molar-refractivity contribution in [3.63, 3.8) is 0 Å². The largest absolute Gasteiger partial charge is 0.582 e. The second-order valence-corrected chi connectivity index (χ2v) is 2.37. The Morgan fingerprint density at radius 2 is 1.89 bits per heavy atom. The van der Waals surface area contributed by atoms with Crippen LogP contribution in [0.25, 0.3) is 0 Å². The molecule has 0 bridgehead atoms. The van der Waals surface area contributed by atoms with Gasteiger partial charge in [-0.05, 0) is 11.5 Å². The van der Waals surface area contributed by atoms with Gasteiger partial charge in [0, 0.05) is 0 Å². The lowest BCUT2D eigenvalue weighted by Gasteiger charge is -1.69. The van der Waals surface area contributed by atoms with E-state index < -0.39 is 7.23 Å². The van der Waals surface area contributed by atoms with E-state index in [-0.39, 0.29) is 12.4 Å². The first-order valence-electron chi connectivity index (χ1n) is 2.56. The minimum absolute atomic E-state index is 0. The predicted octanol–water partition coefficient (Wildman–Crippen LogP) is 3.06. The lowest BCUT2D eigenvalue weighted by atomic mass is 10.9. The highest BCUT2D eigenvalue weighted by atomic mass is 35.5. The molecule has 0 fully saturated rings. The van der Waals surface area contributed by atoms with Crippen molar-refractivity contribution in [2.24, 2.45) is 0 Å². The molecule has 0 spiro atoms. The predicted molar refractivity (Wildman–Crippen MR) is 46.8 cm³/mol. The lowest BCUT2D eigenvalue weighted by Crippen LogP contribution is -1.69. The van der Waals surface area contributed by atoms with E-state index in [1.807, 2.05) is 13.8 Å². The third kappa shape index (κ3) is 28.5. The summed E-state index contributed by atoms with van der Waals surface area (Å²) >= 11 is 3.47. The van der Waals surface area contributed by atoms with Crippen molar-refractivity contribution in [1.29, 1.82) is 0 Å². The summed E-state index contributed by atoms with van der Waals surface area (Å²) in [6, 6.07) is 0. The fourth-order valence-electron chi connectivity index (χ4n) is 0.110. The van der Waals surface area contributed by atoms with Crippen LogP contribution in [-0.2, 0) is 9.09 Å². The van der Waals surface area contributed by atoms with Crippen molar-refractivity contribution >= 4 is 31.9 Å². The highest BCUT2D eigenvalue weighted by Crippen LogP contribution is 2.25. The van der Waals surface area contributed by atoms with Crippen LogP contribution in [0.3, 0.4) is 0 Å². The fraction of sp³-hybridized carbons (Fsp3) is 1.00. The first-order chi connectivity index (χ1) is 3.77. The molecule has 0 saturated heterocycles. The van der Waals surface area contributed by atoms with Crippen molar-refractivity contribution in [2.45, 2.75) is 20.8 Å². The van der Waals surface area contributed by atoms with E-state index in [1.165, 1.54) is 0 Å². The molecule has 0 amide bonds. The SMILES string of the molecule is CC.CCO[P+](=O)S.Cl. The van der Waals surface area contributed by atoms with E-state index in [0.717, 1.165) is 0 Å². The second kappa shape index (κ2) is 15.9. The van der Waals surface area contributed by atoms with Gasteiger partial charge < -0.3 is 0 Å².